The minimum Gasteiger partial charge on any atom is -0.441 e. The van der Waals surface area contributed by atoms with Gasteiger partial charge < -0.3 is 10.1 Å². The highest BCUT2D eigenvalue weighted by Gasteiger charge is 2.48. The average molecular weight is 445 g/mol. The lowest BCUT2D eigenvalue weighted by Gasteiger charge is -2.35. The second-order valence-corrected chi connectivity index (χ2v) is 9.22. The van der Waals surface area contributed by atoms with Gasteiger partial charge in [0.15, 0.2) is 5.82 Å². The highest BCUT2D eigenvalue weighted by molar-refractivity contribution is 5.89. The Morgan fingerprint density at radius 3 is 2.52 bits per heavy atom. The van der Waals surface area contributed by atoms with Crippen molar-refractivity contribution in [2.45, 2.75) is 45.1 Å². The summed E-state index contributed by atoms with van der Waals surface area (Å²) >= 11 is 0. The van der Waals surface area contributed by atoms with Crippen molar-refractivity contribution < 1.29 is 9.53 Å². The number of benzene rings is 1. The zero-order chi connectivity index (χ0) is 22.8. The van der Waals surface area contributed by atoms with Crippen molar-refractivity contribution in [2.24, 2.45) is 5.92 Å². The van der Waals surface area contributed by atoms with Crippen molar-refractivity contribution in [3.8, 4) is 11.3 Å². The summed E-state index contributed by atoms with van der Waals surface area (Å²) in [4.78, 5) is 14.0. The van der Waals surface area contributed by atoms with Crippen LogP contribution in [0, 0.1) is 19.8 Å². The number of amides is 1. The van der Waals surface area contributed by atoms with E-state index in [0.29, 0.717) is 18.3 Å². The van der Waals surface area contributed by atoms with E-state index in [1.807, 2.05) is 12.1 Å². The van der Waals surface area contributed by atoms with E-state index in [4.69, 9.17) is 4.74 Å². The van der Waals surface area contributed by atoms with Crippen LogP contribution in [0.25, 0.3) is 11.3 Å². The number of nitrogens with one attached hydrogen (secondary N) is 1. The van der Waals surface area contributed by atoms with Gasteiger partial charge in [-0.3, -0.25) is 4.90 Å². The molecule has 1 aromatic carbocycles. The van der Waals surface area contributed by atoms with Gasteiger partial charge in [0.25, 0.3) is 0 Å². The first kappa shape index (κ1) is 21.3. The maximum atomic E-state index is 12.4. The molecule has 8 nitrogen and oxygen atoms in total. The maximum Gasteiger partial charge on any atom is 0.416 e. The molecule has 2 fully saturated rings. The SMILES string of the molecule is Cc1cc(C)cc(-c2ccc(NC[C@H]3CC[C@]4(CC3)CN(c3cccnn3)C(=O)O4)nn2)c1. The molecule has 0 atom stereocenters. The quantitative estimate of drug-likeness (QED) is 0.617. The number of aryl methyl sites for hydroxylation is 2. The second kappa shape index (κ2) is 8.77. The van der Waals surface area contributed by atoms with Crippen LogP contribution < -0.4 is 10.2 Å². The van der Waals surface area contributed by atoms with Crippen LogP contribution in [0.1, 0.15) is 36.8 Å². The van der Waals surface area contributed by atoms with Crippen LogP contribution in [0.15, 0.2) is 48.7 Å². The minimum absolute atomic E-state index is 0.328. The summed E-state index contributed by atoms with van der Waals surface area (Å²) in [5.74, 6) is 1.83. The molecule has 2 aliphatic rings. The Kier molecular flexibility index (Phi) is 5.66. The summed E-state index contributed by atoms with van der Waals surface area (Å²) in [5.41, 5.74) is 3.99. The summed E-state index contributed by atoms with van der Waals surface area (Å²) in [6.45, 7) is 5.55. The molecule has 2 aromatic heterocycles. The Morgan fingerprint density at radius 2 is 1.85 bits per heavy atom. The number of carbonyl (C=O) groups is 1. The van der Waals surface area contributed by atoms with Gasteiger partial charge >= 0.3 is 6.09 Å². The Bertz CT molecular complexity index is 1110. The van der Waals surface area contributed by atoms with E-state index in [-0.39, 0.29) is 6.09 Å². The molecule has 1 N–H and O–H groups in total. The molecular formula is C25H28N6O2. The summed E-state index contributed by atoms with van der Waals surface area (Å²) in [5, 5.41) is 20.1. The van der Waals surface area contributed by atoms with E-state index in [9.17, 15) is 4.79 Å². The Labute approximate surface area is 193 Å². The van der Waals surface area contributed by atoms with E-state index in [2.05, 4.69) is 57.8 Å². The summed E-state index contributed by atoms with van der Waals surface area (Å²) in [7, 11) is 0. The predicted octanol–water partition coefficient (Wildman–Crippen LogP) is 4.55. The van der Waals surface area contributed by atoms with Gasteiger partial charge in [0.2, 0.25) is 0 Å². The molecule has 0 bridgehead atoms. The first-order valence-corrected chi connectivity index (χ1v) is 11.4. The van der Waals surface area contributed by atoms with E-state index in [1.54, 1.807) is 23.2 Å². The van der Waals surface area contributed by atoms with E-state index >= 15 is 0 Å². The molecule has 170 valence electrons. The van der Waals surface area contributed by atoms with Crippen LogP contribution in [0.4, 0.5) is 16.4 Å². The van der Waals surface area contributed by atoms with Crippen molar-refractivity contribution in [1.29, 1.82) is 0 Å². The molecule has 0 radical (unpaired) electrons. The standard InChI is InChI=1S/C25H28N6O2/c1-17-12-18(2)14-20(13-17)21-5-6-22(29-28-21)26-15-19-7-9-25(10-8-19)16-31(24(32)33-25)23-4-3-11-27-30-23/h3-6,11-14,19H,7-10,15-16H2,1-2H3,(H,26,29)/t19-,25-. The zero-order valence-electron chi connectivity index (χ0n) is 19.0. The minimum atomic E-state index is -0.418. The highest BCUT2D eigenvalue weighted by Crippen LogP contribution is 2.40. The van der Waals surface area contributed by atoms with Crippen LogP contribution in [-0.4, -0.2) is 45.2 Å². The molecule has 1 saturated carbocycles. The first-order chi connectivity index (χ1) is 16.0. The number of nitrogens with zero attached hydrogens (tertiary/aromatic N) is 5. The Balaban J connectivity index is 1.14. The van der Waals surface area contributed by atoms with Gasteiger partial charge in [0.1, 0.15) is 11.4 Å². The molecule has 3 aromatic rings. The third-order valence-electron chi connectivity index (χ3n) is 6.58. The van der Waals surface area contributed by atoms with E-state index < -0.39 is 5.60 Å². The van der Waals surface area contributed by atoms with Gasteiger partial charge in [0, 0.05) is 18.3 Å². The lowest BCUT2D eigenvalue weighted by Crippen LogP contribution is -2.39. The predicted molar refractivity (Wildman–Crippen MR) is 126 cm³/mol. The summed E-state index contributed by atoms with van der Waals surface area (Å²) in [6.07, 6.45) is 4.94. The number of hydrogen-bond donors (Lipinski definition) is 1. The normalized spacial score (nSPS) is 22.4. The average Bonchev–Trinajstić information content (AvgIpc) is 3.14. The van der Waals surface area contributed by atoms with Crippen molar-refractivity contribution in [3.63, 3.8) is 0 Å². The first-order valence-electron chi connectivity index (χ1n) is 11.4. The molecular weight excluding hydrogens is 416 g/mol. The largest absolute Gasteiger partial charge is 0.441 e. The molecule has 1 aliphatic heterocycles. The third kappa shape index (κ3) is 4.65. The molecule has 5 rings (SSSR count). The highest BCUT2D eigenvalue weighted by atomic mass is 16.6. The molecule has 0 unspecified atom stereocenters. The van der Waals surface area contributed by atoms with Gasteiger partial charge in [-0.25, -0.2) is 4.79 Å². The third-order valence-corrected chi connectivity index (χ3v) is 6.58. The number of carbonyl (C=O) groups excluding carboxylic acids is 1. The van der Waals surface area contributed by atoms with Crippen molar-refractivity contribution in [2.75, 3.05) is 23.3 Å². The molecule has 3 heterocycles. The van der Waals surface area contributed by atoms with Gasteiger partial charge in [-0.1, -0.05) is 17.2 Å². The monoisotopic (exact) mass is 444 g/mol. The maximum absolute atomic E-state index is 12.4. The number of rotatable bonds is 5. The van der Waals surface area contributed by atoms with Gasteiger partial charge in [-0.15, -0.1) is 15.3 Å². The van der Waals surface area contributed by atoms with E-state index in [0.717, 1.165) is 49.3 Å². The van der Waals surface area contributed by atoms with Crippen molar-refractivity contribution >= 4 is 17.7 Å². The van der Waals surface area contributed by atoms with Gasteiger partial charge in [-0.2, -0.15) is 5.10 Å². The number of anilines is 2. The fraction of sp³-hybridized carbons (Fsp3) is 0.400. The van der Waals surface area contributed by atoms with Gasteiger partial charge in [-0.05, 0) is 81.8 Å². The Hall–Kier alpha value is -3.55. The number of hydrogen-bond acceptors (Lipinski definition) is 7. The van der Waals surface area contributed by atoms with Crippen LogP contribution in [0.2, 0.25) is 0 Å². The molecule has 8 heteroatoms. The van der Waals surface area contributed by atoms with Crippen molar-refractivity contribution in [3.05, 3.63) is 59.8 Å². The smallest absolute Gasteiger partial charge is 0.416 e. The summed E-state index contributed by atoms with van der Waals surface area (Å²) in [6, 6.07) is 14.0. The number of ether oxygens (including phenoxy) is 1. The molecule has 1 amide bonds. The topological polar surface area (TPSA) is 93.1 Å². The lowest BCUT2D eigenvalue weighted by atomic mass is 9.78. The lowest BCUT2D eigenvalue weighted by molar-refractivity contribution is 0.0148. The molecule has 33 heavy (non-hydrogen) atoms. The zero-order valence-corrected chi connectivity index (χ0v) is 19.0. The van der Waals surface area contributed by atoms with E-state index in [1.165, 1.54) is 11.1 Å². The second-order valence-electron chi connectivity index (χ2n) is 9.22. The van der Waals surface area contributed by atoms with Crippen LogP contribution in [0.5, 0.6) is 0 Å². The fourth-order valence-electron chi connectivity index (χ4n) is 4.86. The molecule has 1 aliphatic carbocycles. The van der Waals surface area contributed by atoms with Crippen LogP contribution in [-0.2, 0) is 4.74 Å². The number of aromatic nitrogens is 4. The van der Waals surface area contributed by atoms with Crippen molar-refractivity contribution in [1.82, 2.24) is 20.4 Å². The van der Waals surface area contributed by atoms with Gasteiger partial charge in [0.05, 0.1) is 12.2 Å². The summed E-state index contributed by atoms with van der Waals surface area (Å²) < 4.78 is 5.82. The Morgan fingerprint density at radius 1 is 1.06 bits per heavy atom. The fourth-order valence-corrected chi connectivity index (χ4v) is 4.86. The molecule has 1 saturated heterocycles. The van der Waals surface area contributed by atoms with Crippen LogP contribution in [0.3, 0.4) is 0 Å². The molecule has 1 spiro atoms. The van der Waals surface area contributed by atoms with Crippen LogP contribution >= 0.6 is 0 Å².